The molecule has 7 rings (SSSR count). The summed E-state index contributed by atoms with van der Waals surface area (Å²) in [5, 5.41) is 44.5. The summed E-state index contributed by atoms with van der Waals surface area (Å²) in [6, 6.07) is 19.1. The number of likely N-dealkylation sites (N-methyl/N-ethyl adjacent to an activating group) is 1. The number of benzene rings is 4. The van der Waals surface area contributed by atoms with Crippen molar-refractivity contribution in [2.24, 2.45) is 0 Å². The van der Waals surface area contributed by atoms with Gasteiger partial charge in [-0.3, -0.25) is 19.4 Å². The van der Waals surface area contributed by atoms with E-state index in [1.54, 1.807) is 36.4 Å². The minimum absolute atomic E-state index is 0.00730. The Bertz CT molecular complexity index is 2980. The lowest BCUT2D eigenvalue weighted by atomic mass is 9.90. The van der Waals surface area contributed by atoms with Crippen molar-refractivity contribution in [3.8, 4) is 28.2 Å². The molecule has 0 radical (unpaired) electrons. The molecule has 20 nitrogen and oxygen atoms in total. The number of phenols is 1. The van der Waals surface area contributed by atoms with Gasteiger partial charge >= 0.3 is 11.9 Å². The number of carboxylic acids is 2. The molecule has 0 saturated carbocycles. The molecule has 0 fully saturated rings. The zero-order valence-corrected chi connectivity index (χ0v) is 34.6. The summed E-state index contributed by atoms with van der Waals surface area (Å²) in [4.78, 5) is 84.5. The van der Waals surface area contributed by atoms with Crippen LogP contribution in [0.15, 0.2) is 99.1 Å². The fourth-order valence-electron chi connectivity index (χ4n) is 6.36. The number of rotatable bonds is 15. The Kier molecular flexibility index (Phi) is 14.5. The number of carboxylic acid groups (broad SMARTS) is 2. The van der Waals surface area contributed by atoms with E-state index in [-0.39, 0.29) is 58.8 Å². The molecular weight excluding hydrogens is 849 g/mol. The van der Waals surface area contributed by atoms with Crippen LogP contribution in [-0.2, 0) is 16.1 Å². The second kappa shape index (κ2) is 20.5. The second-order valence-corrected chi connectivity index (χ2v) is 14.3. The molecule has 64 heavy (non-hydrogen) atoms. The number of nitrogen functional groups attached to an aromatic ring is 1. The van der Waals surface area contributed by atoms with Gasteiger partial charge in [0.25, 0.3) is 11.5 Å². The number of nitrogens with one attached hydrogen (secondary N) is 6. The molecule has 1 aliphatic carbocycles. The number of carbonyl (C=O) groups excluding carboxylic acids is 2. The summed E-state index contributed by atoms with van der Waals surface area (Å²) in [6.45, 7) is 1.60. The smallest absolute Gasteiger partial charge is 0.336 e. The van der Waals surface area contributed by atoms with Crippen LogP contribution in [0.1, 0.15) is 39.3 Å². The van der Waals surface area contributed by atoms with Gasteiger partial charge in [0.15, 0.2) is 21.7 Å². The second-order valence-electron chi connectivity index (χ2n) is 13.9. The molecule has 3 heterocycles. The van der Waals surface area contributed by atoms with Crippen LogP contribution in [0, 0.1) is 0 Å². The Balaban J connectivity index is 0.000000213. The van der Waals surface area contributed by atoms with Gasteiger partial charge in [0, 0.05) is 65.1 Å². The summed E-state index contributed by atoms with van der Waals surface area (Å²) in [5.41, 5.74) is 8.90. The average Bonchev–Trinajstić information content (AvgIpc) is 3.26. The van der Waals surface area contributed by atoms with Gasteiger partial charge in [-0.1, -0.05) is 6.07 Å². The standard InChI is InChI=1S/C24H21N3O5S.C19H19N7O5/c1-25-8-9-26-24(33)27-13-2-5-16(19(10-13)23(30)31)22-17-6-3-14(28)11-20(17)32-21-12-15(29)4-7-18(21)22;20-19-25-15-14(17(29)26-19)23-12(9-22-15)8-21-11-5-3-10(4-6-11)16(28)24-13(18(30)31)2-1-7-27/h2-7,10-12,25,28H,8-9H2,1H3,(H,30,31)(H2,26,27,33);3-7,9,13,21H,1-2,8H2,(H,24,28)(H,30,31)(H3,20,22,25,26,29). The number of H-pyrrole nitrogens is 1. The summed E-state index contributed by atoms with van der Waals surface area (Å²) in [7, 11) is 1.83. The number of anilines is 3. The predicted octanol–water partition coefficient (Wildman–Crippen LogP) is 3.54. The average molecular weight is 889 g/mol. The first-order valence-electron chi connectivity index (χ1n) is 19.3. The third-order valence-corrected chi connectivity index (χ3v) is 9.64. The largest absolute Gasteiger partial charge is 0.508 e. The Morgan fingerprint density at radius 2 is 1.69 bits per heavy atom. The van der Waals surface area contributed by atoms with Gasteiger partial charge < -0.3 is 56.8 Å². The maximum atomic E-state index is 12.2. The van der Waals surface area contributed by atoms with Crippen LogP contribution in [0.5, 0.6) is 5.75 Å². The number of aromatic hydroxyl groups is 1. The van der Waals surface area contributed by atoms with Crippen LogP contribution >= 0.6 is 12.2 Å². The van der Waals surface area contributed by atoms with Crippen molar-refractivity contribution in [2.45, 2.75) is 25.4 Å². The molecule has 11 N–H and O–H groups in total. The van der Waals surface area contributed by atoms with Crippen LogP contribution in [-0.4, -0.2) is 90.7 Å². The van der Waals surface area contributed by atoms with Crippen molar-refractivity contribution in [2.75, 3.05) is 36.5 Å². The van der Waals surface area contributed by atoms with E-state index in [0.29, 0.717) is 68.4 Å². The molecule has 1 unspecified atom stereocenters. The Morgan fingerprint density at radius 3 is 2.41 bits per heavy atom. The lowest BCUT2D eigenvalue weighted by Crippen LogP contribution is -2.40. The van der Waals surface area contributed by atoms with Gasteiger partial charge in [-0.15, -0.1) is 0 Å². The number of fused-ring (bicyclic) bond motifs is 3. The van der Waals surface area contributed by atoms with Gasteiger partial charge in [0.05, 0.1) is 24.0 Å². The number of aromatic carboxylic acids is 1. The third-order valence-electron chi connectivity index (χ3n) is 9.40. The van der Waals surface area contributed by atoms with Gasteiger partial charge in [0.2, 0.25) is 5.95 Å². The number of aromatic nitrogens is 4. The first-order chi connectivity index (χ1) is 30.7. The molecule has 0 saturated heterocycles. The summed E-state index contributed by atoms with van der Waals surface area (Å²) in [5.74, 6) is -2.64. The number of nitrogens with zero attached hydrogens (tertiary/aromatic N) is 3. The van der Waals surface area contributed by atoms with E-state index < -0.39 is 29.4 Å². The Hall–Kier alpha value is -8.30. The topological polar surface area (TPSA) is 317 Å². The van der Waals surface area contributed by atoms with Crippen molar-refractivity contribution in [3.63, 3.8) is 0 Å². The first kappa shape index (κ1) is 45.2. The molecule has 0 bridgehead atoms. The molecule has 0 spiro atoms. The summed E-state index contributed by atoms with van der Waals surface area (Å²) in [6.07, 6.45) is 2.12. The molecule has 2 aromatic heterocycles. The Labute approximate surface area is 367 Å². The van der Waals surface area contributed by atoms with Crippen molar-refractivity contribution >= 4 is 80.9 Å². The highest BCUT2D eigenvalue weighted by molar-refractivity contribution is 7.80. The Morgan fingerprint density at radius 1 is 0.938 bits per heavy atom. The van der Waals surface area contributed by atoms with Gasteiger partial charge in [-0.2, -0.15) is 4.98 Å². The van der Waals surface area contributed by atoms with E-state index in [9.17, 15) is 39.0 Å². The highest BCUT2D eigenvalue weighted by Gasteiger charge is 2.23. The quantitative estimate of drug-likeness (QED) is 0.0305. The third kappa shape index (κ3) is 11.1. The number of aldehydes is 1. The fourth-order valence-corrected chi connectivity index (χ4v) is 6.58. The van der Waals surface area contributed by atoms with E-state index in [1.165, 1.54) is 48.7 Å². The monoisotopic (exact) mass is 888 g/mol. The fraction of sp³-hybridized carbons (Fsp3) is 0.163. The van der Waals surface area contributed by atoms with E-state index in [4.69, 9.17) is 27.5 Å². The minimum Gasteiger partial charge on any atom is -0.508 e. The lowest BCUT2D eigenvalue weighted by molar-refractivity contribution is -0.139. The number of hydrogen-bond donors (Lipinski definition) is 10. The molecule has 2 aliphatic rings. The number of carbonyl (C=O) groups is 4. The summed E-state index contributed by atoms with van der Waals surface area (Å²) < 4.78 is 5.84. The van der Waals surface area contributed by atoms with E-state index in [2.05, 4.69) is 46.5 Å². The van der Waals surface area contributed by atoms with Crippen molar-refractivity contribution in [1.29, 1.82) is 0 Å². The molecule has 5 aromatic rings. The van der Waals surface area contributed by atoms with Crippen molar-refractivity contribution in [1.82, 2.24) is 35.9 Å². The molecule has 3 aromatic carbocycles. The van der Waals surface area contributed by atoms with Crippen LogP contribution < -0.4 is 43.3 Å². The number of phenolic OH excluding ortho intramolecular Hbond substituents is 1. The first-order valence-corrected chi connectivity index (χ1v) is 19.7. The molecule has 1 atom stereocenters. The SMILES string of the molecule is CNCCNC(=S)Nc1ccc(-c2c3ccc(=O)cc-3oc3cc(O)ccc23)c(C(=O)O)c1.Nc1nc2ncc(CNc3ccc(C(=O)NC(CCC=O)C(=O)O)cc3)nc2c(=O)[nH]1. The lowest BCUT2D eigenvalue weighted by Gasteiger charge is -2.18. The molecule has 1 aliphatic heterocycles. The maximum absolute atomic E-state index is 12.2. The molecule has 1 amide bonds. The predicted molar refractivity (Wildman–Crippen MR) is 242 cm³/mol. The van der Waals surface area contributed by atoms with Crippen LogP contribution in [0.4, 0.5) is 17.3 Å². The zero-order valence-electron chi connectivity index (χ0n) is 33.8. The zero-order chi connectivity index (χ0) is 45.9. The van der Waals surface area contributed by atoms with Crippen LogP contribution in [0.2, 0.25) is 0 Å². The minimum atomic E-state index is -1.21. The molecular formula is C43H40N10O10S. The molecule has 328 valence electrons. The number of aliphatic carboxylic acids is 1. The highest BCUT2D eigenvalue weighted by Crippen LogP contribution is 2.42. The highest BCUT2D eigenvalue weighted by atomic mass is 32.1. The van der Waals surface area contributed by atoms with Crippen LogP contribution in [0.25, 0.3) is 44.6 Å². The van der Waals surface area contributed by atoms with Gasteiger partial charge in [-0.05, 0) is 91.9 Å². The molecule has 21 heteroatoms. The maximum Gasteiger partial charge on any atom is 0.336 e. The number of thiocarbonyl (C=S) groups is 1. The number of nitrogens with two attached hydrogens (primary N) is 1. The van der Waals surface area contributed by atoms with Crippen LogP contribution in [0.3, 0.4) is 0 Å². The number of aromatic amines is 1. The van der Waals surface area contributed by atoms with Crippen molar-refractivity contribution < 1.29 is 38.9 Å². The summed E-state index contributed by atoms with van der Waals surface area (Å²) >= 11 is 5.27. The number of amides is 1. The normalized spacial score (nSPS) is 11.3. The van der Waals surface area contributed by atoms with Gasteiger partial charge in [0.1, 0.15) is 29.4 Å². The van der Waals surface area contributed by atoms with Gasteiger partial charge in [-0.25, -0.2) is 19.6 Å². The van der Waals surface area contributed by atoms with E-state index in [1.807, 2.05) is 7.05 Å². The van der Waals surface area contributed by atoms with E-state index >= 15 is 0 Å². The number of hydrogen-bond acceptors (Lipinski definition) is 15. The van der Waals surface area contributed by atoms with Crippen molar-refractivity contribution in [3.05, 3.63) is 122 Å². The van der Waals surface area contributed by atoms with E-state index in [0.717, 1.165) is 6.54 Å².